The van der Waals surface area contributed by atoms with Gasteiger partial charge >= 0.3 is 0 Å². The van der Waals surface area contributed by atoms with Gasteiger partial charge in [0.2, 0.25) is 5.91 Å². The Labute approximate surface area is 508 Å². The molecule has 84 heavy (non-hydrogen) atoms. The lowest BCUT2D eigenvalue weighted by Gasteiger charge is -2.46. The molecule has 2 aliphatic heterocycles. The lowest BCUT2D eigenvalue weighted by atomic mass is 9.97. The largest absolute Gasteiger partial charge is 0.394 e. The first-order chi connectivity index (χ1) is 41.1. The normalized spacial score (nSPS) is 24.4. The van der Waals surface area contributed by atoms with Gasteiger partial charge in [-0.2, -0.15) is 0 Å². The number of ether oxygens (including phenoxy) is 4. The molecule has 0 aromatic rings. The third kappa shape index (κ3) is 38.0. The van der Waals surface area contributed by atoms with Gasteiger partial charge in [-0.05, 0) is 83.5 Å². The van der Waals surface area contributed by atoms with Gasteiger partial charge in [-0.25, -0.2) is 0 Å². The van der Waals surface area contributed by atoms with E-state index in [1.165, 1.54) is 103 Å². The van der Waals surface area contributed by atoms with Crippen molar-refractivity contribution in [2.45, 2.75) is 306 Å². The zero-order valence-corrected chi connectivity index (χ0v) is 52.1. The highest BCUT2D eigenvalue weighted by Gasteiger charge is 2.51. The van der Waals surface area contributed by atoms with Crippen LogP contribution in [-0.4, -0.2) is 140 Å². The van der Waals surface area contributed by atoms with Crippen molar-refractivity contribution in [2.24, 2.45) is 0 Å². The average Bonchev–Trinajstić information content (AvgIpc) is 3.17. The van der Waals surface area contributed by atoms with Crippen LogP contribution in [0.15, 0.2) is 109 Å². The van der Waals surface area contributed by atoms with Gasteiger partial charge in [-0.3, -0.25) is 4.79 Å². The minimum absolute atomic E-state index is 0.252. The van der Waals surface area contributed by atoms with Crippen molar-refractivity contribution < 1.29 is 64.6 Å². The fourth-order valence-corrected chi connectivity index (χ4v) is 10.2. The van der Waals surface area contributed by atoms with Crippen molar-refractivity contribution in [3.63, 3.8) is 0 Å². The summed E-state index contributed by atoms with van der Waals surface area (Å²) in [5.74, 6) is -0.252. The van der Waals surface area contributed by atoms with Gasteiger partial charge in [-0.15, -0.1) is 0 Å². The van der Waals surface area contributed by atoms with Crippen LogP contribution in [0, 0.1) is 0 Å². The summed E-state index contributed by atoms with van der Waals surface area (Å²) in [7, 11) is 0. The number of hydrogen-bond acceptors (Lipinski definition) is 13. The zero-order chi connectivity index (χ0) is 60.9. The molecule has 0 bridgehead atoms. The van der Waals surface area contributed by atoms with Crippen LogP contribution in [0.2, 0.25) is 0 Å². The summed E-state index contributed by atoms with van der Waals surface area (Å²) in [5, 5.41) is 87.3. The first kappa shape index (κ1) is 76.7. The predicted molar refractivity (Wildman–Crippen MR) is 341 cm³/mol. The summed E-state index contributed by atoms with van der Waals surface area (Å²) >= 11 is 0. The molecule has 482 valence electrons. The second-order valence-corrected chi connectivity index (χ2v) is 22.9. The Kier molecular flexibility index (Phi) is 49.2. The number of aliphatic hydroxyl groups is 8. The van der Waals surface area contributed by atoms with Crippen molar-refractivity contribution in [3.8, 4) is 0 Å². The first-order valence-corrected chi connectivity index (χ1v) is 33.1. The Morgan fingerprint density at radius 3 is 1.26 bits per heavy atom. The van der Waals surface area contributed by atoms with E-state index in [0.717, 1.165) is 103 Å². The van der Waals surface area contributed by atoms with Crippen LogP contribution in [0.5, 0.6) is 0 Å². The van der Waals surface area contributed by atoms with Crippen molar-refractivity contribution >= 4 is 5.91 Å². The smallest absolute Gasteiger partial charge is 0.220 e. The van der Waals surface area contributed by atoms with E-state index in [4.69, 9.17) is 18.9 Å². The summed E-state index contributed by atoms with van der Waals surface area (Å²) in [5.41, 5.74) is 0. The molecule has 9 N–H and O–H groups in total. The van der Waals surface area contributed by atoms with Crippen LogP contribution >= 0.6 is 0 Å². The molecule has 2 fully saturated rings. The highest BCUT2D eigenvalue weighted by atomic mass is 16.7. The van der Waals surface area contributed by atoms with Crippen LogP contribution in [-0.2, 0) is 23.7 Å². The molecule has 0 aromatic carbocycles. The van der Waals surface area contributed by atoms with Gasteiger partial charge in [0.25, 0.3) is 0 Å². The topological polar surface area (TPSA) is 228 Å². The number of amides is 1. The number of carbonyl (C=O) groups is 1. The van der Waals surface area contributed by atoms with E-state index in [1.54, 1.807) is 6.08 Å². The minimum Gasteiger partial charge on any atom is -0.394 e. The highest BCUT2D eigenvalue weighted by Crippen LogP contribution is 2.30. The second kappa shape index (κ2) is 53.9. The zero-order valence-electron chi connectivity index (χ0n) is 52.1. The molecule has 12 unspecified atom stereocenters. The van der Waals surface area contributed by atoms with E-state index in [-0.39, 0.29) is 18.9 Å². The average molecular weight is 1180 g/mol. The van der Waals surface area contributed by atoms with Crippen LogP contribution in [0.1, 0.15) is 232 Å². The maximum Gasteiger partial charge on any atom is 0.220 e. The Hall–Kier alpha value is -3.35. The van der Waals surface area contributed by atoms with Gasteiger partial charge in [0.05, 0.1) is 32.0 Å². The third-order valence-electron chi connectivity index (χ3n) is 15.5. The maximum atomic E-state index is 13.3. The Bertz CT molecular complexity index is 1820. The van der Waals surface area contributed by atoms with Crippen molar-refractivity contribution in [1.82, 2.24) is 5.32 Å². The van der Waals surface area contributed by atoms with Crippen molar-refractivity contribution in [1.29, 1.82) is 0 Å². The van der Waals surface area contributed by atoms with Crippen LogP contribution in [0.4, 0.5) is 0 Å². The number of unbranched alkanes of at least 4 members (excludes halogenated alkanes) is 23. The summed E-state index contributed by atoms with van der Waals surface area (Å²) in [6, 6.07) is -0.927. The first-order valence-electron chi connectivity index (χ1n) is 33.1. The molecule has 2 aliphatic rings. The lowest BCUT2D eigenvalue weighted by Crippen LogP contribution is -2.65. The lowest BCUT2D eigenvalue weighted by molar-refractivity contribution is -0.359. The van der Waals surface area contributed by atoms with E-state index in [2.05, 4.69) is 116 Å². The van der Waals surface area contributed by atoms with Gasteiger partial charge in [0.15, 0.2) is 12.6 Å². The predicted octanol–water partition coefficient (Wildman–Crippen LogP) is 12.8. The quantitative estimate of drug-likeness (QED) is 0.0204. The van der Waals surface area contributed by atoms with E-state index in [9.17, 15) is 45.6 Å². The monoisotopic (exact) mass is 1180 g/mol. The summed E-state index contributed by atoms with van der Waals surface area (Å²) in [4.78, 5) is 13.3. The molecule has 0 saturated carbocycles. The Balaban J connectivity index is 1.69. The molecule has 14 heteroatoms. The maximum absolute atomic E-state index is 13.3. The molecule has 0 spiro atoms. The van der Waals surface area contributed by atoms with Gasteiger partial charge in [0.1, 0.15) is 48.8 Å². The fourth-order valence-electron chi connectivity index (χ4n) is 10.2. The molecule has 0 aliphatic carbocycles. The number of nitrogens with one attached hydrogen (secondary N) is 1. The molecule has 1 amide bonds. The number of carbonyl (C=O) groups excluding carboxylic acids is 1. The third-order valence-corrected chi connectivity index (χ3v) is 15.5. The van der Waals surface area contributed by atoms with Crippen molar-refractivity contribution in [2.75, 3.05) is 19.8 Å². The number of allylic oxidation sites excluding steroid dienone is 17. The van der Waals surface area contributed by atoms with E-state index in [0.29, 0.717) is 6.42 Å². The van der Waals surface area contributed by atoms with Crippen LogP contribution in [0.3, 0.4) is 0 Å². The van der Waals surface area contributed by atoms with Crippen LogP contribution < -0.4 is 5.32 Å². The number of aliphatic hydroxyl groups excluding tert-OH is 8. The van der Waals surface area contributed by atoms with Crippen molar-refractivity contribution in [3.05, 3.63) is 109 Å². The molecule has 0 radical (unpaired) electrons. The minimum atomic E-state index is -1.79. The molecule has 2 heterocycles. The molecule has 2 saturated heterocycles. The molecule has 14 nitrogen and oxygen atoms in total. The van der Waals surface area contributed by atoms with Crippen LogP contribution in [0.25, 0.3) is 0 Å². The molecule has 2 rings (SSSR count). The second-order valence-electron chi connectivity index (χ2n) is 22.9. The van der Waals surface area contributed by atoms with E-state index < -0.39 is 86.8 Å². The van der Waals surface area contributed by atoms with E-state index in [1.807, 2.05) is 6.08 Å². The Morgan fingerprint density at radius 1 is 0.440 bits per heavy atom. The highest BCUT2D eigenvalue weighted by molar-refractivity contribution is 5.76. The van der Waals surface area contributed by atoms with Gasteiger partial charge in [0, 0.05) is 6.42 Å². The summed E-state index contributed by atoms with van der Waals surface area (Å²) in [6.45, 7) is 2.68. The molecule has 12 atom stereocenters. The molecule has 0 aromatic heterocycles. The van der Waals surface area contributed by atoms with E-state index >= 15 is 0 Å². The molecular formula is C70H119NO13. The number of hydrogen-bond donors (Lipinski definition) is 9. The summed E-state index contributed by atoms with van der Waals surface area (Å²) in [6.07, 6.45) is 59.8. The fraction of sp³-hybridized carbons (Fsp3) is 0.729. The SMILES string of the molecule is CC/C=C\C/C=C\C/C=C\C/C=C\C/C=C\C/C=C\C/C=C\C/C=C\CCCCCCCCCCC(=O)NC(COC1OC(CO)C(OC2OC(CO)C(O)C(O)C2O)C(O)C1O)C(O)/C=C/CCCCCCCCCCCCCCCCC. The standard InChI is InChI=1S/C70H119NO13/c1-3-5-7-9-11-13-15-17-19-21-22-23-24-25-26-27-28-29-30-31-32-33-34-35-36-38-40-42-44-46-48-50-52-54-62(75)71-58(59(74)53-51-49-47-45-43-41-39-37-20-18-16-14-12-10-8-6-4-2)57-81-69-67(80)65(78)68(61(56-73)83-69)84-70-66(79)64(77)63(76)60(55-72)82-70/h5,7,11,13,17,19,22-23,25-26,28-29,31-32,34-35,51,53,58-61,63-70,72-74,76-80H,3-4,6,8-10,12,14-16,18,20-21,24,27,30,33,36-50,52,54-57H2,1-2H3,(H,71,75)/b7-5-,13-11-,19-17-,23-22-,26-25-,29-28-,32-31-,35-34-,53-51+. The number of rotatable bonds is 52. The molecular weight excluding hydrogens is 1060 g/mol. The van der Waals surface area contributed by atoms with Gasteiger partial charge in [-0.1, -0.05) is 252 Å². The summed E-state index contributed by atoms with van der Waals surface area (Å²) < 4.78 is 22.8. The Morgan fingerprint density at radius 2 is 0.821 bits per heavy atom. The van der Waals surface area contributed by atoms with Gasteiger partial charge < -0.3 is 65.1 Å².